The highest BCUT2D eigenvalue weighted by atomic mass is 16.5. The van der Waals surface area contributed by atoms with Gasteiger partial charge in [-0.15, -0.1) is 0 Å². The van der Waals surface area contributed by atoms with E-state index in [1.807, 2.05) is 24.3 Å². The van der Waals surface area contributed by atoms with E-state index in [0.717, 1.165) is 55.9 Å². The molecule has 3 aromatic rings. The number of aliphatic imine (C=N–C) groups is 1. The van der Waals surface area contributed by atoms with E-state index in [9.17, 15) is 4.79 Å². The van der Waals surface area contributed by atoms with E-state index >= 15 is 0 Å². The van der Waals surface area contributed by atoms with Gasteiger partial charge in [0.2, 0.25) is 5.95 Å². The first-order chi connectivity index (χ1) is 17.6. The van der Waals surface area contributed by atoms with Crippen LogP contribution in [0.25, 0.3) is 16.6 Å². The van der Waals surface area contributed by atoms with Crippen LogP contribution in [0.1, 0.15) is 22.6 Å². The molecule has 10 nitrogen and oxygen atoms in total. The molecule has 0 spiro atoms. The number of amides is 1. The third-order valence-corrected chi connectivity index (χ3v) is 5.81. The second-order valence-corrected chi connectivity index (χ2v) is 8.30. The van der Waals surface area contributed by atoms with Gasteiger partial charge in [-0.2, -0.15) is 0 Å². The number of hydrogen-bond acceptors (Lipinski definition) is 8. The van der Waals surface area contributed by atoms with Crippen LogP contribution in [-0.2, 0) is 9.47 Å². The van der Waals surface area contributed by atoms with Gasteiger partial charge >= 0.3 is 0 Å². The minimum absolute atomic E-state index is 0.118. The van der Waals surface area contributed by atoms with Gasteiger partial charge in [-0.25, -0.2) is 9.97 Å². The Balaban J connectivity index is 1.38. The number of morpholine rings is 1. The molecule has 1 fully saturated rings. The zero-order valence-electron chi connectivity index (χ0n) is 20.4. The fourth-order valence-corrected chi connectivity index (χ4v) is 3.86. The molecule has 0 atom stereocenters. The lowest BCUT2D eigenvalue weighted by Crippen LogP contribution is -2.38. The Kier molecular flexibility index (Phi) is 8.43. The number of nitrogens with one attached hydrogen (secondary N) is 3. The van der Waals surface area contributed by atoms with Crippen LogP contribution in [-0.4, -0.2) is 79.0 Å². The van der Waals surface area contributed by atoms with Crippen LogP contribution in [0, 0.1) is 0 Å². The average Bonchev–Trinajstić information content (AvgIpc) is 3.34. The first kappa shape index (κ1) is 25.1. The first-order valence-electron chi connectivity index (χ1n) is 11.8. The fraction of sp³-hybridized carbons (Fsp3) is 0.308. The van der Waals surface area contributed by atoms with Crippen molar-refractivity contribution in [3.63, 3.8) is 0 Å². The van der Waals surface area contributed by atoms with Crippen molar-refractivity contribution in [3.05, 3.63) is 66.3 Å². The van der Waals surface area contributed by atoms with E-state index in [1.54, 1.807) is 18.3 Å². The fourth-order valence-electron chi connectivity index (χ4n) is 3.86. The zero-order chi connectivity index (χ0) is 25.3. The van der Waals surface area contributed by atoms with Crippen molar-refractivity contribution in [2.24, 2.45) is 4.99 Å². The van der Waals surface area contributed by atoms with Gasteiger partial charge in [0.25, 0.3) is 5.91 Å². The topological polar surface area (TPSA) is 117 Å². The van der Waals surface area contributed by atoms with Gasteiger partial charge in [-0.1, -0.05) is 6.58 Å². The molecular formula is C26H31N7O3. The molecule has 2 aromatic heterocycles. The van der Waals surface area contributed by atoms with Crippen molar-refractivity contribution >= 4 is 40.9 Å². The molecule has 188 valence electrons. The van der Waals surface area contributed by atoms with Crippen LogP contribution < -0.4 is 10.6 Å². The molecule has 1 amide bonds. The van der Waals surface area contributed by atoms with Crippen molar-refractivity contribution in [2.45, 2.75) is 6.42 Å². The lowest BCUT2D eigenvalue weighted by Gasteiger charge is -2.26. The standard InChI is InChI=1S/C26H31N7O3/c1-18(35-3)15-23(27-2)22-7-9-29-26(32-22)30-20-5-6-21-19(16-20)17-24(31-21)25(34)28-8-4-10-33-11-13-36-14-12-33/h5-7,9,15-17,31H,1-2,4,8,10-14H2,3H3,(H,28,34)(H,29,30,32)/b23-15-. The monoisotopic (exact) mass is 489 g/mol. The molecule has 3 heterocycles. The maximum absolute atomic E-state index is 12.6. The molecule has 0 unspecified atom stereocenters. The van der Waals surface area contributed by atoms with E-state index in [1.165, 1.54) is 7.11 Å². The molecule has 0 saturated carbocycles. The summed E-state index contributed by atoms with van der Waals surface area (Å²) in [5, 5.41) is 7.10. The summed E-state index contributed by atoms with van der Waals surface area (Å²) in [6.45, 7) is 12.4. The Morgan fingerprint density at radius 3 is 2.92 bits per heavy atom. The minimum atomic E-state index is -0.118. The molecule has 4 rings (SSSR count). The number of hydrogen-bond donors (Lipinski definition) is 3. The predicted molar refractivity (Wildman–Crippen MR) is 141 cm³/mol. The minimum Gasteiger partial charge on any atom is -0.497 e. The number of ether oxygens (including phenoxy) is 2. The molecular weight excluding hydrogens is 458 g/mol. The molecule has 1 aliphatic rings. The van der Waals surface area contributed by atoms with Gasteiger partial charge < -0.3 is 25.1 Å². The Hall–Kier alpha value is -4.02. The lowest BCUT2D eigenvalue weighted by atomic mass is 10.2. The molecule has 36 heavy (non-hydrogen) atoms. The number of anilines is 2. The normalized spacial score (nSPS) is 14.4. The van der Waals surface area contributed by atoms with Crippen LogP contribution in [0.2, 0.25) is 0 Å². The van der Waals surface area contributed by atoms with Crippen molar-refractivity contribution in [2.75, 3.05) is 51.8 Å². The Labute approximate surface area is 210 Å². The van der Waals surface area contributed by atoms with E-state index in [-0.39, 0.29) is 5.91 Å². The molecule has 3 N–H and O–H groups in total. The number of carbonyl (C=O) groups is 1. The summed E-state index contributed by atoms with van der Waals surface area (Å²) in [6, 6.07) is 9.32. The van der Waals surface area contributed by atoms with E-state index in [2.05, 4.69) is 48.8 Å². The smallest absolute Gasteiger partial charge is 0.267 e. The molecule has 10 heteroatoms. The number of nitrogens with zero attached hydrogens (tertiary/aromatic N) is 4. The van der Waals surface area contributed by atoms with Gasteiger partial charge in [-0.3, -0.25) is 14.7 Å². The highest BCUT2D eigenvalue weighted by Gasteiger charge is 2.12. The molecule has 1 saturated heterocycles. The summed E-state index contributed by atoms with van der Waals surface area (Å²) in [5.41, 5.74) is 3.28. The predicted octanol–water partition coefficient (Wildman–Crippen LogP) is 3.36. The molecule has 0 radical (unpaired) electrons. The number of methoxy groups -OCH3 is 1. The maximum Gasteiger partial charge on any atom is 0.267 e. The largest absolute Gasteiger partial charge is 0.497 e. The second kappa shape index (κ2) is 12.1. The van der Waals surface area contributed by atoms with Crippen LogP contribution in [0.15, 0.2) is 59.9 Å². The summed E-state index contributed by atoms with van der Waals surface area (Å²) in [6.07, 6.45) is 4.19. The van der Waals surface area contributed by atoms with Crippen molar-refractivity contribution < 1.29 is 14.3 Å². The van der Waals surface area contributed by atoms with Crippen LogP contribution >= 0.6 is 0 Å². The molecule has 0 aliphatic carbocycles. The van der Waals surface area contributed by atoms with Crippen LogP contribution in [0.5, 0.6) is 0 Å². The third-order valence-electron chi connectivity index (χ3n) is 5.81. The number of rotatable bonds is 11. The number of carbonyl (C=O) groups excluding carboxylic acids is 1. The SMILES string of the molecule is C=N/C(=C\C(=C)OC)c1ccnc(Nc2ccc3[nH]c(C(=O)NCCCN4CCOCC4)cc3c2)n1. The van der Waals surface area contributed by atoms with Crippen molar-refractivity contribution in [3.8, 4) is 0 Å². The van der Waals surface area contributed by atoms with Gasteiger partial charge in [0, 0.05) is 48.5 Å². The molecule has 0 bridgehead atoms. The summed E-state index contributed by atoms with van der Waals surface area (Å²) >= 11 is 0. The number of H-pyrrole nitrogens is 1. The summed E-state index contributed by atoms with van der Waals surface area (Å²) in [4.78, 5) is 31.0. The van der Waals surface area contributed by atoms with Gasteiger partial charge in [0.05, 0.1) is 31.7 Å². The van der Waals surface area contributed by atoms with Crippen molar-refractivity contribution in [1.82, 2.24) is 25.2 Å². The first-order valence-corrected chi connectivity index (χ1v) is 11.8. The second-order valence-electron chi connectivity index (χ2n) is 8.30. The van der Waals surface area contributed by atoms with Gasteiger partial charge in [0.15, 0.2) is 0 Å². The Bertz CT molecular complexity index is 1260. The van der Waals surface area contributed by atoms with Crippen LogP contribution in [0.3, 0.4) is 0 Å². The van der Waals surface area contributed by atoms with E-state index in [0.29, 0.717) is 35.3 Å². The number of aromatic nitrogens is 3. The van der Waals surface area contributed by atoms with E-state index < -0.39 is 0 Å². The van der Waals surface area contributed by atoms with Crippen molar-refractivity contribution in [1.29, 1.82) is 0 Å². The zero-order valence-corrected chi connectivity index (χ0v) is 20.4. The quantitative estimate of drug-likeness (QED) is 0.164. The highest BCUT2D eigenvalue weighted by Crippen LogP contribution is 2.23. The maximum atomic E-state index is 12.6. The number of aromatic amines is 1. The van der Waals surface area contributed by atoms with Crippen LogP contribution in [0.4, 0.5) is 11.6 Å². The average molecular weight is 490 g/mol. The number of allylic oxidation sites excluding steroid dienone is 1. The van der Waals surface area contributed by atoms with E-state index in [4.69, 9.17) is 9.47 Å². The number of fused-ring (bicyclic) bond motifs is 1. The Morgan fingerprint density at radius 1 is 1.31 bits per heavy atom. The van der Waals surface area contributed by atoms with Gasteiger partial charge in [-0.05, 0) is 50.0 Å². The summed E-state index contributed by atoms with van der Waals surface area (Å²) in [7, 11) is 1.53. The Morgan fingerprint density at radius 2 is 2.14 bits per heavy atom. The van der Waals surface area contributed by atoms with Gasteiger partial charge in [0.1, 0.15) is 11.5 Å². The molecule has 1 aliphatic heterocycles. The molecule has 1 aromatic carbocycles. The summed E-state index contributed by atoms with van der Waals surface area (Å²) in [5.74, 6) is 0.728. The third kappa shape index (κ3) is 6.55. The number of benzene rings is 1. The lowest BCUT2D eigenvalue weighted by molar-refractivity contribution is 0.0374. The summed E-state index contributed by atoms with van der Waals surface area (Å²) < 4.78 is 10.5. The highest BCUT2D eigenvalue weighted by molar-refractivity contribution is 5.98.